The van der Waals surface area contributed by atoms with Crippen LogP contribution in [-0.2, 0) is 0 Å². The van der Waals surface area contributed by atoms with E-state index in [9.17, 15) is 4.79 Å². The van der Waals surface area contributed by atoms with Gasteiger partial charge in [-0.3, -0.25) is 9.69 Å². The highest BCUT2D eigenvalue weighted by Gasteiger charge is 2.31. The van der Waals surface area contributed by atoms with Crippen molar-refractivity contribution in [3.63, 3.8) is 0 Å². The lowest BCUT2D eigenvalue weighted by Crippen LogP contribution is -2.56. The van der Waals surface area contributed by atoms with Crippen molar-refractivity contribution >= 4 is 11.6 Å². The topological polar surface area (TPSA) is 35.6 Å². The predicted octanol–water partition coefficient (Wildman–Crippen LogP) is 2.43. The molecule has 0 radical (unpaired) electrons. The number of carbonyl (C=O) groups is 1. The Morgan fingerprint density at radius 1 is 1.19 bits per heavy atom. The van der Waals surface area contributed by atoms with Crippen molar-refractivity contribution in [3.8, 4) is 0 Å². The quantitative estimate of drug-likeness (QED) is 0.927. The van der Waals surface area contributed by atoms with E-state index in [0.717, 1.165) is 37.4 Å². The molecule has 4 heteroatoms. The van der Waals surface area contributed by atoms with E-state index < -0.39 is 0 Å². The first-order valence-corrected chi connectivity index (χ1v) is 8.15. The normalized spacial score (nSPS) is 22.7. The van der Waals surface area contributed by atoms with Crippen molar-refractivity contribution in [3.05, 3.63) is 29.8 Å². The molecule has 1 atom stereocenters. The van der Waals surface area contributed by atoms with Crippen molar-refractivity contribution in [2.75, 3.05) is 38.0 Å². The van der Waals surface area contributed by atoms with Gasteiger partial charge in [-0.2, -0.15) is 0 Å². The summed E-state index contributed by atoms with van der Waals surface area (Å²) in [5.41, 5.74) is 1.88. The number of piperidine rings is 1. The van der Waals surface area contributed by atoms with Crippen molar-refractivity contribution < 1.29 is 4.79 Å². The molecule has 3 rings (SSSR count). The Bertz CT molecular complexity index is 485. The smallest absolute Gasteiger partial charge is 0.253 e. The fraction of sp³-hybridized carbons (Fsp3) is 0.588. The maximum absolute atomic E-state index is 12.6. The summed E-state index contributed by atoms with van der Waals surface area (Å²) in [5, 5.41) is 3.26. The molecular formula is C17H25N3O. The Labute approximate surface area is 127 Å². The van der Waals surface area contributed by atoms with Crippen LogP contribution in [0, 0.1) is 0 Å². The SMILES string of the molecule is CCNc1ccc(C(=O)N2CCN3CCCCC3C2)cc1. The molecule has 1 unspecified atom stereocenters. The van der Waals surface area contributed by atoms with Crippen LogP contribution >= 0.6 is 0 Å². The lowest BCUT2D eigenvalue weighted by atomic mass is 9.99. The lowest BCUT2D eigenvalue weighted by Gasteiger charge is -2.44. The van der Waals surface area contributed by atoms with Crippen LogP contribution in [-0.4, -0.2) is 54.5 Å². The molecule has 1 amide bonds. The number of amides is 1. The van der Waals surface area contributed by atoms with E-state index in [1.54, 1.807) is 0 Å². The molecule has 114 valence electrons. The Morgan fingerprint density at radius 2 is 2.00 bits per heavy atom. The number of piperazine rings is 1. The van der Waals surface area contributed by atoms with Crippen LogP contribution in [0.3, 0.4) is 0 Å². The zero-order chi connectivity index (χ0) is 14.7. The molecule has 21 heavy (non-hydrogen) atoms. The van der Waals surface area contributed by atoms with E-state index in [1.165, 1.54) is 25.8 Å². The number of anilines is 1. The van der Waals surface area contributed by atoms with Gasteiger partial charge in [-0.15, -0.1) is 0 Å². The van der Waals surface area contributed by atoms with E-state index in [4.69, 9.17) is 0 Å². The van der Waals surface area contributed by atoms with E-state index in [2.05, 4.69) is 17.1 Å². The molecule has 0 bridgehead atoms. The molecule has 2 fully saturated rings. The number of nitrogens with zero attached hydrogens (tertiary/aromatic N) is 2. The van der Waals surface area contributed by atoms with Gasteiger partial charge in [0, 0.05) is 43.5 Å². The Balaban J connectivity index is 1.64. The van der Waals surface area contributed by atoms with Crippen LogP contribution in [0.2, 0.25) is 0 Å². The second-order valence-electron chi connectivity index (χ2n) is 6.04. The van der Waals surface area contributed by atoms with Crippen LogP contribution < -0.4 is 5.32 Å². The van der Waals surface area contributed by atoms with Crippen molar-refractivity contribution in [1.29, 1.82) is 0 Å². The molecule has 0 aromatic heterocycles. The molecule has 1 N–H and O–H groups in total. The third kappa shape index (κ3) is 3.21. The fourth-order valence-corrected chi connectivity index (χ4v) is 3.46. The maximum Gasteiger partial charge on any atom is 0.253 e. The summed E-state index contributed by atoms with van der Waals surface area (Å²) >= 11 is 0. The minimum atomic E-state index is 0.184. The zero-order valence-electron chi connectivity index (χ0n) is 12.8. The van der Waals surface area contributed by atoms with Crippen LogP contribution in [0.1, 0.15) is 36.5 Å². The zero-order valence-corrected chi connectivity index (χ0v) is 12.8. The molecule has 0 aliphatic carbocycles. The largest absolute Gasteiger partial charge is 0.385 e. The van der Waals surface area contributed by atoms with Crippen molar-refractivity contribution in [2.45, 2.75) is 32.2 Å². The summed E-state index contributed by atoms with van der Waals surface area (Å²) in [7, 11) is 0. The first-order chi connectivity index (χ1) is 10.3. The van der Waals surface area contributed by atoms with Gasteiger partial charge < -0.3 is 10.2 Å². The number of fused-ring (bicyclic) bond motifs is 1. The van der Waals surface area contributed by atoms with Gasteiger partial charge in [-0.1, -0.05) is 6.42 Å². The van der Waals surface area contributed by atoms with Crippen molar-refractivity contribution in [1.82, 2.24) is 9.80 Å². The van der Waals surface area contributed by atoms with Gasteiger partial charge in [0.2, 0.25) is 0 Å². The standard InChI is InChI=1S/C17H25N3O/c1-2-18-15-8-6-14(7-9-15)17(21)20-12-11-19-10-4-3-5-16(19)13-20/h6-9,16,18H,2-5,10-13H2,1H3. The van der Waals surface area contributed by atoms with Crippen LogP contribution in [0.4, 0.5) is 5.69 Å². The summed E-state index contributed by atoms with van der Waals surface area (Å²) < 4.78 is 0. The number of nitrogens with one attached hydrogen (secondary N) is 1. The van der Waals surface area contributed by atoms with Gasteiger partial charge in [0.05, 0.1) is 0 Å². The van der Waals surface area contributed by atoms with Gasteiger partial charge >= 0.3 is 0 Å². The molecule has 2 saturated heterocycles. The molecule has 0 spiro atoms. The molecule has 4 nitrogen and oxygen atoms in total. The summed E-state index contributed by atoms with van der Waals surface area (Å²) in [5.74, 6) is 0.184. The lowest BCUT2D eigenvalue weighted by molar-refractivity contribution is 0.0372. The third-order valence-corrected chi connectivity index (χ3v) is 4.64. The molecule has 1 aromatic carbocycles. The predicted molar refractivity (Wildman–Crippen MR) is 85.7 cm³/mol. The molecular weight excluding hydrogens is 262 g/mol. The number of hydrogen-bond acceptors (Lipinski definition) is 3. The summed E-state index contributed by atoms with van der Waals surface area (Å²) in [6.45, 7) is 6.98. The highest BCUT2D eigenvalue weighted by Crippen LogP contribution is 2.22. The maximum atomic E-state index is 12.6. The second kappa shape index (κ2) is 6.48. The molecule has 2 aliphatic heterocycles. The molecule has 1 aromatic rings. The first kappa shape index (κ1) is 14.4. The van der Waals surface area contributed by atoms with Gasteiger partial charge in [-0.25, -0.2) is 0 Å². The van der Waals surface area contributed by atoms with Crippen LogP contribution in [0.5, 0.6) is 0 Å². The first-order valence-electron chi connectivity index (χ1n) is 8.15. The van der Waals surface area contributed by atoms with E-state index in [-0.39, 0.29) is 5.91 Å². The minimum absolute atomic E-state index is 0.184. The number of carbonyl (C=O) groups excluding carboxylic acids is 1. The van der Waals surface area contributed by atoms with Crippen LogP contribution in [0.25, 0.3) is 0 Å². The Kier molecular flexibility index (Phi) is 4.44. The second-order valence-corrected chi connectivity index (χ2v) is 6.04. The minimum Gasteiger partial charge on any atom is -0.385 e. The van der Waals surface area contributed by atoms with Gasteiger partial charge in [0.25, 0.3) is 5.91 Å². The van der Waals surface area contributed by atoms with Gasteiger partial charge in [0.15, 0.2) is 0 Å². The van der Waals surface area contributed by atoms with Gasteiger partial charge in [0.1, 0.15) is 0 Å². The summed E-state index contributed by atoms with van der Waals surface area (Å²) in [4.78, 5) is 17.2. The van der Waals surface area contributed by atoms with E-state index in [1.807, 2.05) is 29.2 Å². The Morgan fingerprint density at radius 3 is 2.76 bits per heavy atom. The highest BCUT2D eigenvalue weighted by atomic mass is 16.2. The molecule has 2 heterocycles. The third-order valence-electron chi connectivity index (χ3n) is 4.64. The highest BCUT2D eigenvalue weighted by molar-refractivity contribution is 5.94. The number of hydrogen-bond donors (Lipinski definition) is 1. The summed E-state index contributed by atoms with van der Waals surface area (Å²) in [6.07, 6.45) is 3.86. The van der Waals surface area contributed by atoms with Crippen molar-refractivity contribution in [2.24, 2.45) is 0 Å². The van der Waals surface area contributed by atoms with E-state index in [0.29, 0.717) is 6.04 Å². The average Bonchev–Trinajstić information content (AvgIpc) is 2.55. The Hall–Kier alpha value is -1.55. The number of rotatable bonds is 3. The van der Waals surface area contributed by atoms with Gasteiger partial charge in [-0.05, 0) is 50.6 Å². The van der Waals surface area contributed by atoms with Crippen LogP contribution in [0.15, 0.2) is 24.3 Å². The summed E-state index contributed by atoms with van der Waals surface area (Å²) in [6, 6.07) is 8.44. The fourth-order valence-electron chi connectivity index (χ4n) is 3.46. The van der Waals surface area contributed by atoms with E-state index >= 15 is 0 Å². The molecule has 2 aliphatic rings. The monoisotopic (exact) mass is 287 g/mol. The molecule has 0 saturated carbocycles. The number of benzene rings is 1. The average molecular weight is 287 g/mol.